The molecule has 0 aromatic heterocycles. The lowest BCUT2D eigenvalue weighted by atomic mass is 9.72. The molecule has 5 amide bonds. The molecule has 1 aliphatic carbocycles. The first-order valence-electron chi connectivity index (χ1n) is 36.3. The van der Waals surface area contributed by atoms with E-state index in [2.05, 4.69) is 44.3 Å². The van der Waals surface area contributed by atoms with E-state index in [-0.39, 0.29) is 55.6 Å². The van der Waals surface area contributed by atoms with Crippen LogP contribution in [0.1, 0.15) is 124 Å². The number of nitrogens with one attached hydrogen (secondary N) is 1. The maximum atomic E-state index is 14.3. The van der Waals surface area contributed by atoms with E-state index in [4.69, 9.17) is 14.2 Å². The van der Waals surface area contributed by atoms with Gasteiger partial charge < -0.3 is 43.6 Å². The Kier molecular flexibility index (Phi) is 25.7. The summed E-state index contributed by atoms with van der Waals surface area (Å²) in [6.45, 7) is 6.84. The Labute approximate surface area is 610 Å². The van der Waals surface area contributed by atoms with E-state index >= 15 is 0 Å². The monoisotopic (exact) mass is 1450 g/mol. The van der Waals surface area contributed by atoms with Crippen LogP contribution in [0.3, 0.4) is 0 Å². The Balaban J connectivity index is 0.593. The number of nitrogens with zero attached hydrogens (tertiary/aromatic N) is 7. The summed E-state index contributed by atoms with van der Waals surface area (Å²) >= 11 is 0. The van der Waals surface area contributed by atoms with Gasteiger partial charge in [0.25, 0.3) is 11.8 Å². The smallest absolute Gasteiger partial charge is 0.416 e. The van der Waals surface area contributed by atoms with E-state index in [1.807, 2.05) is 121 Å². The Morgan fingerprint density at radius 3 is 1.90 bits per heavy atom. The predicted molar refractivity (Wildman–Crippen MR) is 387 cm³/mol. The summed E-state index contributed by atoms with van der Waals surface area (Å²) in [6.07, 6.45) is -3.98. The third-order valence-corrected chi connectivity index (χ3v) is 21.2. The van der Waals surface area contributed by atoms with Gasteiger partial charge in [-0.2, -0.15) is 26.3 Å². The number of carbonyl (C=O) groups excluding carboxylic acids is 5. The standard InChI is InChI=1S/C82H93F7N8O8/c1-91(75(99)56-103-73-52-63-22-12-14-24-71(63)79(73)37-45-95(46-38-79)47-39-80(65-31-33-68(83)34-32-65)57-97(58-104-80)77(101)64-50-66(81(84,85)86)53-67(51-64)82(87,88)89)40-17-41-93(3)76(100)62-29-27-60(28-30-62)55-96(54-59-18-7-4-8-19-59)42-16-6-11-26-74(98)92(2)48-49-94-43-35-69(36-44-94)105-78(102)90-72-25-15-13-23-70(72)61-20-9-5-10-21-61/h4-5,7-10,12-15,18-25,27-34,50-51,53,69,73H,6,11,16-17,26,35-49,52,54-58H2,1-3H3,(H,90,102)/t73-,80-/m0/s1. The number of hydrogen-bond donors (Lipinski definition) is 1. The zero-order valence-electron chi connectivity index (χ0n) is 59.8. The van der Waals surface area contributed by atoms with Gasteiger partial charge in [-0.25, -0.2) is 9.18 Å². The molecule has 0 saturated carbocycles. The number of halogens is 7. The molecule has 4 aliphatic rings. The third-order valence-electron chi connectivity index (χ3n) is 21.2. The average Bonchev–Trinajstić information content (AvgIpc) is 1.60. The maximum Gasteiger partial charge on any atom is 0.416 e. The highest BCUT2D eigenvalue weighted by Gasteiger charge is 2.50. The molecule has 558 valence electrons. The fourth-order valence-corrected chi connectivity index (χ4v) is 15.0. The highest BCUT2D eigenvalue weighted by Crippen LogP contribution is 2.49. The van der Waals surface area contributed by atoms with Crippen molar-refractivity contribution in [3.63, 3.8) is 0 Å². The van der Waals surface area contributed by atoms with Gasteiger partial charge in [-0.05, 0) is 159 Å². The van der Waals surface area contributed by atoms with Crippen LogP contribution in [0.2, 0.25) is 0 Å². The average molecular weight is 1450 g/mol. The molecule has 1 N–H and O–H groups in total. The molecule has 7 aromatic rings. The van der Waals surface area contributed by atoms with Crippen LogP contribution in [0.15, 0.2) is 176 Å². The van der Waals surface area contributed by atoms with Gasteiger partial charge >= 0.3 is 18.4 Å². The highest BCUT2D eigenvalue weighted by atomic mass is 19.4. The molecule has 7 aromatic carbocycles. The molecule has 3 fully saturated rings. The first-order valence-corrected chi connectivity index (χ1v) is 36.3. The Hall–Kier alpha value is -9.00. The normalized spacial score (nSPS) is 17.7. The molecule has 0 bridgehead atoms. The van der Waals surface area contributed by atoms with Crippen LogP contribution in [0.25, 0.3) is 11.1 Å². The number of carbonyl (C=O) groups is 5. The number of para-hydroxylation sites is 1. The summed E-state index contributed by atoms with van der Waals surface area (Å²) in [6, 6.07) is 50.1. The van der Waals surface area contributed by atoms with Crippen molar-refractivity contribution in [3.8, 4) is 11.1 Å². The number of unbranched alkanes of at least 4 members (excludes halogenated alkanes) is 2. The zero-order valence-corrected chi connectivity index (χ0v) is 59.8. The second kappa shape index (κ2) is 34.9. The number of hydrogen-bond acceptors (Lipinski definition) is 11. The molecular formula is C82H93F7N8O8. The number of rotatable bonds is 29. The summed E-state index contributed by atoms with van der Waals surface area (Å²) < 4.78 is 116. The SMILES string of the molecule is CN(CCN1CCC(OC(=O)Nc2ccccc2-c2ccccc2)CC1)C(=O)CCCCCN(Cc1ccccc1)Cc1ccc(C(=O)N(C)CCCN(C)C(=O)CO[C@H]2Cc3ccccc3C23CCN(CC[C@@]2(c4ccc(F)cc4)CN(C(=O)c4cc(C(F)(F)F)cc(C(F)(F)F)c4)CO2)CC3)cc1. The van der Waals surface area contributed by atoms with Gasteiger partial charge in [0.05, 0.1) is 29.5 Å². The number of ether oxygens (including phenoxy) is 3. The summed E-state index contributed by atoms with van der Waals surface area (Å²) in [4.78, 5) is 80.7. The quantitative estimate of drug-likeness (QED) is 0.0353. The summed E-state index contributed by atoms with van der Waals surface area (Å²) in [5.74, 6) is -1.80. The van der Waals surface area contributed by atoms with Gasteiger partial charge in [0.2, 0.25) is 11.8 Å². The van der Waals surface area contributed by atoms with E-state index < -0.39 is 64.6 Å². The van der Waals surface area contributed by atoms with Gasteiger partial charge in [-0.15, -0.1) is 0 Å². The molecule has 11 rings (SSSR count). The Bertz CT molecular complexity index is 4030. The molecule has 0 unspecified atom stereocenters. The second-order valence-corrected chi connectivity index (χ2v) is 28.4. The van der Waals surface area contributed by atoms with Gasteiger partial charge in [0.15, 0.2) is 0 Å². The van der Waals surface area contributed by atoms with Gasteiger partial charge in [0, 0.05) is 109 Å². The second-order valence-electron chi connectivity index (χ2n) is 28.4. The van der Waals surface area contributed by atoms with Crippen LogP contribution in [0.5, 0.6) is 0 Å². The van der Waals surface area contributed by atoms with Crippen LogP contribution in [-0.4, -0.2) is 183 Å². The molecule has 3 saturated heterocycles. The molecule has 1 spiro atoms. The van der Waals surface area contributed by atoms with Crippen molar-refractivity contribution < 1.29 is 68.9 Å². The lowest BCUT2D eigenvalue weighted by Crippen LogP contribution is -2.50. The fraction of sp³-hybridized carbons (Fsp3) is 0.427. The molecular weight excluding hydrogens is 1360 g/mol. The fourth-order valence-electron chi connectivity index (χ4n) is 15.0. The predicted octanol–water partition coefficient (Wildman–Crippen LogP) is 14.6. The first-order chi connectivity index (χ1) is 50.4. The van der Waals surface area contributed by atoms with Crippen LogP contribution >= 0.6 is 0 Å². The van der Waals surface area contributed by atoms with Crippen LogP contribution in [0.4, 0.5) is 41.2 Å². The van der Waals surface area contributed by atoms with Crippen LogP contribution in [0, 0.1) is 5.82 Å². The van der Waals surface area contributed by atoms with Crippen LogP contribution in [-0.2, 0) is 66.7 Å². The molecule has 3 aliphatic heterocycles. The Morgan fingerprint density at radius 1 is 0.600 bits per heavy atom. The van der Waals surface area contributed by atoms with Gasteiger partial charge in [-0.1, -0.05) is 134 Å². The Morgan fingerprint density at radius 2 is 1.21 bits per heavy atom. The van der Waals surface area contributed by atoms with Gasteiger partial charge in [0.1, 0.15) is 30.9 Å². The number of likely N-dealkylation sites (N-methyl/N-ethyl adjacent to an activating group) is 2. The number of alkyl halides is 6. The van der Waals surface area contributed by atoms with Crippen molar-refractivity contribution in [2.24, 2.45) is 0 Å². The third kappa shape index (κ3) is 20.1. The van der Waals surface area contributed by atoms with E-state index in [0.29, 0.717) is 107 Å². The molecule has 23 heteroatoms. The van der Waals surface area contributed by atoms with Gasteiger partial charge in [-0.3, -0.25) is 29.4 Å². The number of benzene rings is 7. The zero-order chi connectivity index (χ0) is 74.3. The van der Waals surface area contributed by atoms with E-state index in [9.17, 15) is 54.7 Å². The summed E-state index contributed by atoms with van der Waals surface area (Å²) in [5.41, 5.74) is 2.58. The number of anilines is 1. The number of piperidine rings is 2. The molecule has 16 nitrogen and oxygen atoms in total. The molecule has 2 atom stereocenters. The van der Waals surface area contributed by atoms with Crippen molar-refractivity contribution >= 4 is 35.4 Å². The number of amides is 5. The van der Waals surface area contributed by atoms with Crippen molar-refractivity contribution in [1.82, 2.24) is 34.3 Å². The summed E-state index contributed by atoms with van der Waals surface area (Å²) in [7, 11) is 5.36. The largest absolute Gasteiger partial charge is 0.446 e. The van der Waals surface area contributed by atoms with Crippen molar-refractivity contribution in [2.75, 3.05) is 112 Å². The lowest BCUT2D eigenvalue weighted by Gasteiger charge is -2.44. The summed E-state index contributed by atoms with van der Waals surface area (Å²) in [5, 5.41) is 2.94. The number of fused-ring (bicyclic) bond motifs is 2. The topological polar surface area (TPSA) is 148 Å². The minimum Gasteiger partial charge on any atom is -0.446 e. The van der Waals surface area contributed by atoms with E-state index in [1.54, 1.807) is 23.9 Å². The molecule has 0 radical (unpaired) electrons. The minimum atomic E-state index is -5.15. The highest BCUT2D eigenvalue weighted by molar-refractivity contribution is 5.95. The van der Waals surface area contributed by atoms with E-state index in [0.717, 1.165) is 97.5 Å². The first kappa shape index (κ1) is 77.1. The van der Waals surface area contributed by atoms with Crippen molar-refractivity contribution in [2.45, 2.75) is 119 Å². The van der Waals surface area contributed by atoms with E-state index in [1.165, 1.54) is 29.8 Å². The number of likely N-dealkylation sites (tertiary alicyclic amines) is 2. The minimum absolute atomic E-state index is 0.0264. The van der Waals surface area contributed by atoms with Crippen molar-refractivity contribution in [3.05, 3.63) is 232 Å². The lowest BCUT2D eigenvalue weighted by molar-refractivity contribution is -0.143. The maximum absolute atomic E-state index is 14.3. The van der Waals surface area contributed by atoms with Crippen LogP contribution < -0.4 is 5.32 Å². The van der Waals surface area contributed by atoms with Crippen molar-refractivity contribution in [1.29, 1.82) is 0 Å². The molecule has 105 heavy (non-hydrogen) atoms. The molecule has 3 heterocycles.